The first-order chi connectivity index (χ1) is 11.6. The molecule has 0 spiro atoms. The number of nitrogens with one attached hydrogen (secondary N) is 1. The van der Waals surface area contributed by atoms with Crippen molar-refractivity contribution in [2.75, 3.05) is 5.32 Å². The molecule has 0 unspecified atom stereocenters. The quantitative estimate of drug-likeness (QED) is 0.613. The highest BCUT2D eigenvalue weighted by Crippen LogP contribution is 2.22. The van der Waals surface area contributed by atoms with Crippen molar-refractivity contribution in [1.82, 2.24) is 14.5 Å². The molecule has 4 aromatic rings. The molecule has 0 aliphatic carbocycles. The summed E-state index contributed by atoms with van der Waals surface area (Å²) >= 11 is 0. The van der Waals surface area contributed by atoms with Gasteiger partial charge < -0.3 is 9.88 Å². The minimum Gasteiger partial charge on any atom is -0.331 e. The van der Waals surface area contributed by atoms with Crippen LogP contribution in [0.2, 0.25) is 0 Å². The van der Waals surface area contributed by atoms with E-state index in [2.05, 4.69) is 15.3 Å². The van der Waals surface area contributed by atoms with Crippen LogP contribution in [-0.2, 0) is 7.05 Å². The summed E-state index contributed by atoms with van der Waals surface area (Å²) in [6.07, 6.45) is 1.72. The van der Waals surface area contributed by atoms with Crippen LogP contribution in [0.3, 0.4) is 0 Å². The SMILES string of the molecule is Cc1nc2cc(C(=O)Nc3cccc4cccnc34)ccc2n1C. The lowest BCUT2D eigenvalue weighted by atomic mass is 10.1. The van der Waals surface area contributed by atoms with Gasteiger partial charge in [0.25, 0.3) is 5.91 Å². The summed E-state index contributed by atoms with van der Waals surface area (Å²) in [4.78, 5) is 21.5. The topological polar surface area (TPSA) is 59.8 Å². The molecule has 0 saturated heterocycles. The summed E-state index contributed by atoms with van der Waals surface area (Å²) in [6.45, 7) is 1.95. The van der Waals surface area contributed by atoms with Crippen LogP contribution in [0.1, 0.15) is 16.2 Å². The second kappa shape index (κ2) is 5.45. The van der Waals surface area contributed by atoms with Crippen molar-refractivity contribution in [1.29, 1.82) is 0 Å². The average Bonchev–Trinajstić information content (AvgIpc) is 2.89. The van der Waals surface area contributed by atoms with E-state index in [1.165, 1.54) is 0 Å². The van der Waals surface area contributed by atoms with Gasteiger partial charge in [0.05, 0.1) is 22.2 Å². The second-order valence-electron chi connectivity index (χ2n) is 5.76. The third kappa shape index (κ3) is 2.31. The van der Waals surface area contributed by atoms with Crippen LogP contribution < -0.4 is 5.32 Å². The maximum absolute atomic E-state index is 12.6. The van der Waals surface area contributed by atoms with E-state index in [0.717, 1.165) is 27.8 Å². The largest absolute Gasteiger partial charge is 0.331 e. The number of aryl methyl sites for hydroxylation is 2. The molecule has 0 radical (unpaired) electrons. The molecule has 24 heavy (non-hydrogen) atoms. The zero-order chi connectivity index (χ0) is 16.7. The van der Waals surface area contributed by atoms with Gasteiger partial charge in [0.1, 0.15) is 5.82 Å². The molecule has 2 aromatic heterocycles. The Balaban J connectivity index is 1.71. The van der Waals surface area contributed by atoms with Crippen molar-refractivity contribution in [3.63, 3.8) is 0 Å². The monoisotopic (exact) mass is 316 g/mol. The first-order valence-electron chi connectivity index (χ1n) is 7.71. The Hall–Kier alpha value is -3.21. The van der Waals surface area contributed by atoms with Gasteiger partial charge in [-0.1, -0.05) is 18.2 Å². The summed E-state index contributed by atoms with van der Waals surface area (Å²) in [5.74, 6) is 0.749. The summed E-state index contributed by atoms with van der Waals surface area (Å²) < 4.78 is 2.01. The molecule has 1 amide bonds. The Labute approximate surface area is 139 Å². The highest BCUT2D eigenvalue weighted by atomic mass is 16.1. The van der Waals surface area contributed by atoms with Gasteiger partial charge in [-0.2, -0.15) is 0 Å². The first kappa shape index (κ1) is 14.4. The van der Waals surface area contributed by atoms with E-state index in [4.69, 9.17) is 0 Å². The number of pyridine rings is 1. The maximum Gasteiger partial charge on any atom is 0.255 e. The van der Waals surface area contributed by atoms with E-state index >= 15 is 0 Å². The fourth-order valence-corrected chi connectivity index (χ4v) is 2.86. The molecule has 0 aliphatic rings. The molecule has 5 nitrogen and oxygen atoms in total. The fraction of sp³-hybridized carbons (Fsp3) is 0.105. The number of nitrogens with zero attached hydrogens (tertiary/aromatic N) is 3. The third-order valence-electron chi connectivity index (χ3n) is 4.25. The standard InChI is InChI=1S/C19H16N4O/c1-12-21-16-11-14(8-9-17(16)23(12)2)19(24)22-15-7-3-5-13-6-4-10-20-18(13)15/h3-11H,1-2H3,(H,22,24). The minimum absolute atomic E-state index is 0.168. The van der Waals surface area contributed by atoms with Gasteiger partial charge in [-0.05, 0) is 37.3 Å². The normalized spacial score (nSPS) is 11.1. The van der Waals surface area contributed by atoms with Crippen LogP contribution in [-0.4, -0.2) is 20.4 Å². The number of carbonyl (C=O) groups is 1. The molecular formula is C19H16N4O. The lowest BCUT2D eigenvalue weighted by Gasteiger charge is -2.08. The minimum atomic E-state index is -0.168. The Kier molecular flexibility index (Phi) is 3.27. The van der Waals surface area contributed by atoms with Gasteiger partial charge >= 0.3 is 0 Å². The third-order valence-corrected chi connectivity index (χ3v) is 4.25. The number of anilines is 1. The van der Waals surface area contributed by atoms with E-state index < -0.39 is 0 Å². The molecule has 5 heteroatoms. The van der Waals surface area contributed by atoms with Crippen molar-refractivity contribution in [2.45, 2.75) is 6.92 Å². The van der Waals surface area contributed by atoms with Gasteiger partial charge in [0.15, 0.2) is 0 Å². The van der Waals surface area contributed by atoms with Crippen LogP contribution in [0.15, 0.2) is 54.7 Å². The molecule has 0 saturated carbocycles. The Morgan fingerprint density at radius 3 is 2.83 bits per heavy atom. The zero-order valence-corrected chi connectivity index (χ0v) is 13.4. The van der Waals surface area contributed by atoms with Crippen LogP contribution >= 0.6 is 0 Å². The number of rotatable bonds is 2. The van der Waals surface area contributed by atoms with Crippen molar-refractivity contribution < 1.29 is 4.79 Å². The molecule has 4 rings (SSSR count). The molecule has 0 fully saturated rings. The van der Waals surface area contributed by atoms with E-state index in [-0.39, 0.29) is 5.91 Å². The number of amides is 1. The Bertz CT molecular complexity index is 1080. The Morgan fingerprint density at radius 2 is 1.96 bits per heavy atom. The zero-order valence-electron chi connectivity index (χ0n) is 13.4. The van der Waals surface area contributed by atoms with E-state index in [1.807, 2.05) is 67.1 Å². The van der Waals surface area contributed by atoms with Crippen molar-refractivity contribution in [2.24, 2.45) is 7.05 Å². The number of aromatic nitrogens is 3. The number of imidazole rings is 1. The van der Waals surface area contributed by atoms with Crippen LogP contribution in [0.5, 0.6) is 0 Å². The van der Waals surface area contributed by atoms with Crippen LogP contribution in [0.4, 0.5) is 5.69 Å². The summed E-state index contributed by atoms with van der Waals surface area (Å²) in [7, 11) is 1.96. The van der Waals surface area contributed by atoms with Crippen molar-refractivity contribution in [3.8, 4) is 0 Å². The molecule has 1 N–H and O–H groups in total. The fourth-order valence-electron chi connectivity index (χ4n) is 2.86. The first-order valence-corrected chi connectivity index (χ1v) is 7.71. The summed E-state index contributed by atoms with van der Waals surface area (Å²) in [5.41, 5.74) is 3.89. The van der Waals surface area contributed by atoms with Gasteiger partial charge in [-0.25, -0.2) is 4.98 Å². The maximum atomic E-state index is 12.6. The summed E-state index contributed by atoms with van der Waals surface area (Å²) in [5, 5.41) is 3.94. The van der Waals surface area contributed by atoms with E-state index in [9.17, 15) is 4.79 Å². The predicted molar refractivity (Wildman–Crippen MR) is 95.1 cm³/mol. The molecule has 2 heterocycles. The van der Waals surface area contributed by atoms with Gasteiger partial charge in [-0.15, -0.1) is 0 Å². The molecule has 0 aliphatic heterocycles. The lowest BCUT2D eigenvalue weighted by Crippen LogP contribution is -2.12. The number of hydrogen-bond acceptors (Lipinski definition) is 3. The second-order valence-corrected chi connectivity index (χ2v) is 5.76. The van der Waals surface area contributed by atoms with E-state index in [1.54, 1.807) is 6.20 Å². The molecule has 2 aromatic carbocycles. The number of benzene rings is 2. The number of carbonyl (C=O) groups excluding carboxylic acids is 1. The predicted octanol–water partition coefficient (Wildman–Crippen LogP) is 3.68. The van der Waals surface area contributed by atoms with Gasteiger partial charge in [-0.3, -0.25) is 9.78 Å². The Morgan fingerprint density at radius 1 is 1.12 bits per heavy atom. The average molecular weight is 316 g/mol. The molecule has 0 bridgehead atoms. The molecular weight excluding hydrogens is 300 g/mol. The lowest BCUT2D eigenvalue weighted by molar-refractivity contribution is 0.102. The number of hydrogen-bond donors (Lipinski definition) is 1. The van der Waals surface area contributed by atoms with Gasteiger partial charge in [0, 0.05) is 24.2 Å². The smallest absolute Gasteiger partial charge is 0.255 e. The number of para-hydroxylation sites is 1. The van der Waals surface area contributed by atoms with Crippen LogP contribution in [0, 0.1) is 6.92 Å². The summed E-state index contributed by atoms with van der Waals surface area (Å²) in [6, 6.07) is 15.1. The van der Waals surface area contributed by atoms with Crippen molar-refractivity contribution >= 4 is 33.5 Å². The van der Waals surface area contributed by atoms with Crippen LogP contribution in [0.25, 0.3) is 21.9 Å². The van der Waals surface area contributed by atoms with Gasteiger partial charge in [0.2, 0.25) is 0 Å². The highest BCUT2D eigenvalue weighted by molar-refractivity contribution is 6.09. The van der Waals surface area contributed by atoms with E-state index in [0.29, 0.717) is 11.3 Å². The number of fused-ring (bicyclic) bond motifs is 2. The molecule has 0 atom stereocenters. The molecule has 118 valence electrons. The highest BCUT2D eigenvalue weighted by Gasteiger charge is 2.12. The van der Waals surface area contributed by atoms with Crippen molar-refractivity contribution in [3.05, 3.63) is 66.1 Å².